The van der Waals surface area contributed by atoms with Gasteiger partial charge >= 0.3 is 6.18 Å². The minimum atomic E-state index is -4.46. The van der Waals surface area contributed by atoms with E-state index in [0.717, 1.165) is 18.3 Å². The van der Waals surface area contributed by atoms with E-state index < -0.39 is 17.7 Å². The number of nitrogens with zero attached hydrogens (tertiary/aromatic N) is 2. The number of aromatic nitrogens is 2. The van der Waals surface area contributed by atoms with E-state index in [1.807, 2.05) is 0 Å². The zero-order valence-electron chi connectivity index (χ0n) is 8.37. The van der Waals surface area contributed by atoms with E-state index in [4.69, 9.17) is 0 Å². The molecule has 88 valence electrons. The van der Waals surface area contributed by atoms with Crippen LogP contribution in [0.1, 0.15) is 5.56 Å². The van der Waals surface area contributed by atoms with Crippen molar-refractivity contribution in [1.29, 1.82) is 0 Å². The Kier molecular flexibility index (Phi) is 2.79. The Balaban J connectivity index is 2.51. The number of hydrogen-bond acceptors (Lipinski definition) is 2. The highest BCUT2D eigenvalue weighted by Crippen LogP contribution is 2.31. The molecular formula is C11H6F4N2. The van der Waals surface area contributed by atoms with Crippen molar-refractivity contribution in [3.05, 3.63) is 48.2 Å². The Hall–Kier alpha value is -1.98. The van der Waals surface area contributed by atoms with Gasteiger partial charge in [0, 0.05) is 18.0 Å². The van der Waals surface area contributed by atoms with Gasteiger partial charge in [-0.15, -0.1) is 0 Å². The minimum absolute atomic E-state index is 0.0467. The molecule has 0 bridgehead atoms. The van der Waals surface area contributed by atoms with Crippen molar-refractivity contribution >= 4 is 0 Å². The number of hydrogen-bond donors (Lipinski definition) is 0. The van der Waals surface area contributed by atoms with Crippen molar-refractivity contribution in [2.45, 2.75) is 6.18 Å². The van der Waals surface area contributed by atoms with Crippen molar-refractivity contribution in [2.24, 2.45) is 0 Å². The molecule has 0 fully saturated rings. The fourth-order valence-electron chi connectivity index (χ4n) is 1.36. The van der Waals surface area contributed by atoms with E-state index in [1.165, 1.54) is 18.3 Å². The highest BCUT2D eigenvalue weighted by Gasteiger charge is 2.30. The third-order valence-corrected chi connectivity index (χ3v) is 2.12. The number of rotatable bonds is 1. The molecule has 0 atom stereocenters. The molecule has 0 spiro atoms. The molecule has 0 aliphatic carbocycles. The first-order valence-electron chi connectivity index (χ1n) is 4.62. The van der Waals surface area contributed by atoms with Gasteiger partial charge in [0.25, 0.3) is 0 Å². The Morgan fingerprint density at radius 1 is 1.00 bits per heavy atom. The third-order valence-electron chi connectivity index (χ3n) is 2.12. The van der Waals surface area contributed by atoms with Crippen LogP contribution >= 0.6 is 0 Å². The van der Waals surface area contributed by atoms with Gasteiger partial charge in [-0.3, -0.25) is 0 Å². The molecule has 0 amide bonds. The maximum Gasteiger partial charge on any atom is 0.416 e. The average molecular weight is 242 g/mol. The SMILES string of the molecule is Fc1nccnc1-c1cccc(C(F)(F)F)c1. The Bertz CT molecular complexity index is 537. The molecule has 6 heteroatoms. The molecule has 1 heterocycles. The molecule has 0 unspecified atom stereocenters. The number of benzene rings is 1. The lowest BCUT2D eigenvalue weighted by atomic mass is 10.1. The van der Waals surface area contributed by atoms with Crippen molar-refractivity contribution < 1.29 is 17.6 Å². The fraction of sp³-hybridized carbons (Fsp3) is 0.0909. The lowest BCUT2D eigenvalue weighted by molar-refractivity contribution is -0.137. The second-order valence-electron chi connectivity index (χ2n) is 3.27. The largest absolute Gasteiger partial charge is 0.416 e. The van der Waals surface area contributed by atoms with Crippen LogP contribution in [0.15, 0.2) is 36.7 Å². The van der Waals surface area contributed by atoms with E-state index in [9.17, 15) is 17.6 Å². The summed E-state index contributed by atoms with van der Waals surface area (Å²) >= 11 is 0. The van der Waals surface area contributed by atoms with Crippen LogP contribution in [-0.4, -0.2) is 9.97 Å². The predicted molar refractivity (Wildman–Crippen MR) is 52.4 cm³/mol. The minimum Gasteiger partial charge on any atom is -0.250 e. The van der Waals surface area contributed by atoms with Crippen LogP contribution in [0.3, 0.4) is 0 Å². The van der Waals surface area contributed by atoms with Gasteiger partial charge < -0.3 is 0 Å². The highest BCUT2D eigenvalue weighted by molar-refractivity contribution is 5.59. The highest BCUT2D eigenvalue weighted by atomic mass is 19.4. The van der Waals surface area contributed by atoms with Gasteiger partial charge in [0.05, 0.1) is 5.56 Å². The first kappa shape index (κ1) is 11.5. The van der Waals surface area contributed by atoms with E-state index in [1.54, 1.807) is 0 Å². The van der Waals surface area contributed by atoms with Crippen molar-refractivity contribution in [3.8, 4) is 11.3 Å². The molecule has 0 saturated heterocycles. The van der Waals surface area contributed by atoms with E-state index in [2.05, 4.69) is 9.97 Å². The van der Waals surface area contributed by atoms with Gasteiger partial charge in [-0.1, -0.05) is 12.1 Å². The zero-order chi connectivity index (χ0) is 12.5. The second kappa shape index (κ2) is 4.12. The van der Waals surface area contributed by atoms with Crippen LogP contribution in [0.4, 0.5) is 17.6 Å². The summed E-state index contributed by atoms with van der Waals surface area (Å²) < 4.78 is 50.6. The molecule has 1 aromatic carbocycles. The Morgan fingerprint density at radius 2 is 1.71 bits per heavy atom. The maximum atomic E-state index is 13.2. The van der Waals surface area contributed by atoms with E-state index >= 15 is 0 Å². The molecule has 0 radical (unpaired) electrons. The van der Waals surface area contributed by atoms with Crippen LogP contribution in [0.25, 0.3) is 11.3 Å². The third kappa shape index (κ3) is 2.41. The molecule has 0 saturated carbocycles. The summed E-state index contributed by atoms with van der Waals surface area (Å²) in [6.45, 7) is 0. The van der Waals surface area contributed by atoms with E-state index in [0.29, 0.717) is 0 Å². The van der Waals surface area contributed by atoms with Crippen LogP contribution in [0.5, 0.6) is 0 Å². The standard InChI is InChI=1S/C11H6F4N2/c12-10-9(16-4-5-17-10)7-2-1-3-8(6-7)11(13,14)15/h1-6H. The first-order chi connectivity index (χ1) is 7.98. The topological polar surface area (TPSA) is 25.8 Å². The van der Waals surface area contributed by atoms with Gasteiger partial charge in [0.15, 0.2) is 0 Å². The molecular weight excluding hydrogens is 236 g/mol. The van der Waals surface area contributed by atoms with Gasteiger partial charge in [-0.05, 0) is 12.1 Å². The van der Waals surface area contributed by atoms with Crippen LogP contribution in [0, 0.1) is 5.95 Å². The molecule has 1 aromatic heterocycles. The monoisotopic (exact) mass is 242 g/mol. The Labute approximate surface area is 94.0 Å². The van der Waals surface area contributed by atoms with Crippen LogP contribution < -0.4 is 0 Å². The zero-order valence-corrected chi connectivity index (χ0v) is 8.37. The van der Waals surface area contributed by atoms with Crippen molar-refractivity contribution in [2.75, 3.05) is 0 Å². The molecule has 2 aromatic rings. The van der Waals surface area contributed by atoms with Gasteiger partial charge in [0.2, 0.25) is 5.95 Å². The Morgan fingerprint density at radius 3 is 2.35 bits per heavy atom. The molecule has 0 N–H and O–H groups in total. The second-order valence-corrected chi connectivity index (χ2v) is 3.27. The molecule has 2 rings (SSSR count). The first-order valence-corrected chi connectivity index (χ1v) is 4.62. The van der Waals surface area contributed by atoms with Gasteiger partial charge in [-0.2, -0.15) is 17.6 Å². The van der Waals surface area contributed by atoms with Crippen molar-refractivity contribution in [3.63, 3.8) is 0 Å². The van der Waals surface area contributed by atoms with Crippen LogP contribution in [0.2, 0.25) is 0 Å². The summed E-state index contributed by atoms with van der Waals surface area (Å²) in [5.74, 6) is -0.896. The summed E-state index contributed by atoms with van der Waals surface area (Å²) in [7, 11) is 0. The average Bonchev–Trinajstić information content (AvgIpc) is 2.29. The summed E-state index contributed by atoms with van der Waals surface area (Å²) in [5, 5.41) is 0. The summed E-state index contributed by atoms with van der Waals surface area (Å²) in [6, 6.07) is 4.31. The molecule has 2 nitrogen and oxygen atoms in total. The van der Waals surface area contributed by atoms with E-state index in [-0.39, 0.29) is 11.3 Å². The summed E-state index contributed by atoms with van der Waals surface area (Å²) in [4.78, 5) is 7.00. The maximum absolute atomic E-state index is 13.2. The number of alkyl halides is 3. The normalized spacial score (nSPS) is 11.5. The molecule has 0 aliphatic rings. The fourth-order valence-corrected chi connectivity index (χ4v) is 1.36. The predicted octanol–water partition coefficient (Wildman–Crippen LogP) is 3.30. The van der Waals surface area contributed by atoms with Gasteiger partial charge in [-0.25, -0.2) is 9.97 Å². The number of halogens is 4. The lowest BCUT2D eigenvalue weighted by Crippen LogP contribution is -2.05. The summed E-state index contributed by atoms with van der Waals surface area (Å²) in [6.07, 6.45) is -2.11. The lowest BCUT2D eigenvalue weighted by Gasteiger charge is -2.08. The van der Waals surface area contributed by atoms with Crippen molar-refractivity contribution in [1.82, 2.24) is 9.97 Å². The van der Waals surface area contributed by atoms with Gasteiger partial charge in [0.1, 0.15) is 5.69 Å². The summed E-state index contributed by atoms with van der Waals surface area (Å²) in [5.41, 5.74) is -0.996. The van der Waals surface area contributed by atoms with Crippen LogP contribution in [-0.2, 0) is 6.18 Å². The quantitative estimate of drug-likeness (QED) is 0.717. The molecule has 17 heavy (non-hydrogen) atoms. The smallest absolute Gasteiger partial charge is 0.250 e. The molecule has 0 aliphatic heterocycles.